The minimum absolute atomic E-state index is 0.172. The van der Waals surface area contributed by atoms with E-state index in [1.165, 1.54) is 0 Å². The number of fused-ring (bicyclic) bond motifs is 1. The van der Waals surface area contributed by atoms with Gasteiger partial charge in [-0.3, -0.25) is 0 Å². The molecule has 0 spiro atoms. The molecule has 0 aliphatic heterocycles. The highest BCUT2D eigenvalue weighted by Gasteiger charge is 2.11. The molecule has 23 heavy (non-hydrogen) atoms. The molecular formula is C22H15F. The third-order valence-corrected chi connectivity index (χ3v) is 4.14. The SMILES string of the molecule is Fc1c(-c2ccccc2)cccc1-c1ccc2ccccc2c1. The number of benzene rings is 4. The van der Waals surface area contributed by atoms with Crippen LogP contribution in [0.4, 0.5) is 4.39 Å². The Kier molecular flexibility index (Phi) is 3.39. The lowest BCUT2D eigenvalue weighted by Crippen LogP contribution is -1.89. The van der Waals surface area contributed by atoms with Crippen LogP contribution in [0.5, 0.6) is 0 Å². The summed E-state index contributed by atoms with van der Waals surface area (Å²) in [6.45, 7) is 0. The largest absolute Gasteiger partial charge is 0.206 e. The van der Waals surface area contributed by atoms with Gasteiger partial charge < -0.3 is 0 Å². The third-order valence-electron chi connectivity index (χ3n) is 4.14. The summed E-state index contributed by atoms with van der Waals surface area (Å²) in [6, 6.07) is 29.4. The molecule has 0 N–H and O–H groups in total. The highest BCUT2D eigenvalue weighted by atomic mass is 19.1. The van der Waals surface area contributed by atoms with E-state index in [4.69, 9.17) is 0 Å². The van der Waals surface area contributed by atoms with Crippen LogP contribution in [0.1, 0.15) is 0 Å². The van der Waals surface area contributed by atoms with E-state index in [0.29, 0.717) is 11.1 Å². The lowest BCUT2D eigenvalue weighted by molar-refractivity contribution is 0.635. The summed E-state index contributed by atoms with van der Waals surface area (Å²) in [4.78, 5) is 0. The Bertz CT molecular complexity index is 971. The van der Waals surface area contributed by atoms with Crippen LogP contribution in [0.2, 0.25) is 0 Å². The Hall–Kier alpha value is -2.93. The maximum atomic E-state index is 15.0. The molecule has 0 aromatic heterocycles. The molecule has 4 aromatic carbocycles. The van der Waals surface area contributed by atoms with E-state index in [1.807, 2.05) is 78.9 Å². The van der Waals surface area contributed by atoms with E-state index >= 15 is 4.39 Å². The second-order valence-electron chi connectivity index (χ2n) is 5.60. The first-order chi connectivity index (χ1) is 11.3. The van der Waals surface area contributed by atoms with Gasteiger partial charge in [0.2, 0.25) is 0 Å². The summed E-state index contributed by atoms with van der Waals surface area (Å²) in [5.74, 6) is -0.172. The zero-order valence-corrected chi connectivity index (χ0v) is 12.5. The van der Waals surface area contributed by atoms with Crippen molar-refractivity contribution < 1.29 is 4.39 Å². The van der Waals surface area contributed by atoms with Gasteiger partial charge in [0.1, 0.15) is 5.82 Å². The Morgan fingerprint density at radius 3 is 1.91 bits per heavy atom. The Balaban J connectivity index is 1.88. The van der Waals surface area contributed by atoms with Gasteiger partial charge in [0.05, 0.1) is 0 Å². The van der Waals surface area contributed by atoms with Crippen LogP contribution in [-0.2, 0) is 0 Å². The van der Waals surface area contributed by atoms with Crippen LogP contribution in [0.25, 0.3) is 33.0 Å². The molecule has 4 aromatic rings. The van der Waals surface area contributed by atoms with Crippen LogP contribution in [0.15, 0.2) is 91.0 Å². The van der Waals surface area contributed by atoms with Gasteiger partial charge in [0, 0.05) is 11.1 Å². The second kappa shape index (κ2) is 5.69. The molecule has 0 saturated carbocycles. The summed E-state index contributed by atoms with van der Waals surface area (Å²) in [7, 11) is 0. The lowest BCUT2D eigenvalue weighted by Gasteiger charge is -2.10. The summed E-state index contributed by atoms with van der Waals surface area (Å²) in [6.07, 6.45) is 0. The van der Waals surface area contributed by atoms with E-state index in [9.17, 15) is 0 Å². The molecular weight excluding hydrogens is 283 g/mol. The minimum atomic E-state index is -0.172. The average Bonchev–Trinajstić information content (AvgIpc) is 2.62. The van der Waals surface area contributed by atoms with Crippen LogP contribution in [0, 0.1) is 5.82 Å². The van der Waals surface area contributed by atoms with Crippen molar-refractivity contribution in [3.8, 4) is 22.3 Å². The first-order valence-corrected chi connectivity index (χ1v) is 7.66. The van der Waals surface area contributed by atoms with Gasteiger partial charge in [-0.1, -0.05) is 84.9 Å². The molecule has 0 radical (unpaired) electrons. The minimum Gasteiger partial charge on any atom is -0.206 e. The smallest absolute Gasteiger partial charge is 0.138 e. The highest BCUT2D eigenvalue weighted by Crippen LogP contribution is 2.32. The van der Waals surface area contributed by atoms with Crippen LogP contribution in [-0.4, -0.2) is 0 Å². The molecule has 0 saturated heterocycles. The molecule has 0 aliphatic rings. The summed E-state index contributed by atoms with van der Waals surface area (Å²) < 4.78 is 15.0. The summed E-state index contributed by atoms with van der Waals surface area (Å²) in [5.41, 5.74) is 3.07. The zero-order chi connectivity index (χ0) is 15.6. The standard InChI is InChI=1S/C22H15F/c23-22-20(17-8-2-1-3-9-17)11-6-12-21(22)19-14-13-16-7-4-5-10-18(16)15-19/h1-15H. The van der Waals surface area contributed by atoms with Gasteiger partial charge in [0.15, 0.2) is 0 Å². The molecule has 1 heteroatoms. The third kappa shape index (κ3) is 2.51. The molecule has 110 valence electrons. The van der Waals surface area contributed by atoms with E-state index < -0.39 is 0 Å². The van der Waals surface area contributed by atoms with Gasteiger partial charge in [-0.15, -0.1) is 0 Å². The number of hydrogen-bond acceptors (Lipinski definition) is 0. The zero-order valence-electron chi connectivity index (χ0n) is 12.5. The number of hydrogen-bond donors (Lipinski definition) is 0. The fourth-order valence-electron chi connectivity index (χ4n) is 2.95. The maximum absolute atomic E-state index is 15.0. The van der Waals surface area contributed by atoms with E-state index in [-0.39, 0.29) is 5.82 Å². The summed E-state index contributed by atoms with van der Waals surface area (Å²) >= 11 is 0. The number of halogens is 1. The van der Waals surface area contributed by atoms with Gasteiger partial charge in [-0.25, -0.2) is 4.39 Å². The molecule has 0 amide bonds. The lowest BCUT2D eigenvalue weighted by atomic mass is 9.96. The van der Waals surface area contributed by atoms with Gasteiger partial charge >= 0.3 is 0 Å². The molecule has 0 atom stereocenters. The Morgan fingerprint density at radius 1 is 0.478 bits per heavy atom. The van der Waals surface area contributed by atoms with Crippen molar-refractivity contribution in [2.24, 2.45) is 0 Å². The Labute approximate surface area is 134 Å². The monoisotopic (exact) mass is 298 g/mol. The first kappa shape index (κ1) is 13.7. The Morgan fingerprint density at radius 2 is 1.13 bits per heavy atom. The predicted octanol–water partition coefficient (Wildman–Crippen LogP) is 6.31. The van der Waals surface area contributed by atoms with Crippen molar-refractivity contribution in [3.05, 3.63) is 96.8 Å². The van der Waals surface area contributed by atoms with E-state index in [2.05, 4.69) is 12.1 Å². The van der Waals surface area contributed by atoms with Gasteiger partial charge in [-0.2, -0.15) is 0 Å². The van der Waals surface area contributed by atoms with Crippen molar-refractivity contribution in [1.82, 2.24) is 0 Å². The van der Waals surface area contributed by atoms with Crippen LogP contribution < -0.4 is 0 Å². The van der Waals surface area contributed by atoms with Gasteiger partial charge in [-0.05, 0) is 28.0 Å². The van der Waals surface area contributed by atoms with Gasteiger partial charge in [0.25, 0.3) is 0 Å². The van der Waals surface area contributed by atoms with Crippen molar-refractivity contribution in [1.29, 1.82) is 0 Å². The van der Waals surface area contributed by atoms with Crippen molar-refractivity contribution in [2.45, 2.75) is 0 Å². The topological polar surface area (TPSA) is 0 Å². The first-order valence-electron chi connectivity index (χ1n) is 7.66. The molecule has 0 aliphatic carbocycles. The number of rotatable bonds is 2. The average molecular weight is 298 g/mol. The maximum Gasteiger partial charge on any atom is 0.138 e. The molecule has 0 heterocycles. The predicted molar refractivity (Wildman–Crippen MR) is 94.8 cm³/mol. The molecule has 0 fully saturated rings. The normalized spacial score (nSPS) is 10.8. The van der Waals surface area contributed by atoms with Crippen molar-refractivity contribution in [2.75, 3.05) is 0 Å². The van der Waals surface area contributed by atoms with E-state index in [0.717, 1.165) is 21.9 Å². The van der Waals surface area contributed by atoms with Crippen LogP contribution >= 0.6 is 0 Å². The van der Waals surface area contributed by atoms with Crippen LogP contribution in [0.3, 0.4) is 0 Å². The molecule has 0 bridgehead atoms. The van der Waals surface area contributed by atoms with Crippen molar-refractivity contribution >= 4 is 10.8 Å². The highest BCUT2D eigenvalue weighted by molar-refractivity contribution is 5.88. The quantitative estimate of drug-likeness (QED) is 0.406. The summed E-state index contributed by atoms with van der Waals surface area (Å²) in [5, 5.41) is 2.28. The fraction of sp³-hybridized carbons (Fsp3) is 0. The fourth-order valence-corrected chi connectivity index (χ4v) is 2.95. The van der Waals surface area contributed by atoms with Crippen molar-refractivity contribution in [3.63, 3.8) is 0 Å². The second-order valence-corrected chi connectivity index (χ2v) is 5.60. The molecule has 4 rings (SSSR count). The molecule has 0 unspecified atom stereocenters. The molecule has 0 nitrogen and oxygen atoms in total. The van der Waals surface area contributed by atoms with E-state index in [1.54, 1.807) is 0 Å².